The van der Waals surface area contributed by atoms with Crippen molar-refractivity contribution in [3.05, 3.63) is 0 Å². The Morgan fingerprint density at radius 1 is 1.45 bits per heavy atom. The number of halogens is 1. The van der Waals surface area contributed by atoms with E-state index in [1.807, 2.05) is 18.8 Å². The highest BCUT2D eigenvalue weighted by atomic mass is 127. The summed E-state index contributed by atoms with van der Waals surface area (Å²) in [6.45, 7) is 4.97. The lowest BCUT2D eigenvalue weighted by Crippen LogP contribution is -2.51. The largest absolute Gasteiger partial charge is 0.373 e. The van der Waals surface area contributed by atoms with Crippen LogP contribution >= 0.6 is 35.7 Å². The summed E-state index contributed by atoms with van der Waals surface area (Å²) < 4.78 is 5.92. The summed E-state index contributed by atoms with van der Waals surface area (Å²) in [5, 5.41) is 6.66. The SMILES string of the molecule is CN=C(NCCSC)NCC1CN2CCCC2CO1.I. The van der Waals surface area contributed by atoms with Crippen LogP contribution in [0.25, 0.3) is 0 Å². The highest BCUT2D eigenvalue weighted by Gasteiger charge is 2.31. The minimum Gasteiger partial charge on any atom is -0.373 e. The number of thioether (sulfide) groups is 1. The van der Waals surface area contributed by atoms with E-state index in [0.717, 1.165) is 38.0 Å². The van der Waals surface area contributed by atoms with E-state index in [9.17, 15) is 0 Å². The summed E-state index contributed by atoms with van der Waals surface area (Å²) in [5.74, 6) is 1.97. The third-order valence-electron chi connectivity index (χ3n) is 3.78. The molecule has 2 aliphatic heterocycles. The van der Waals surface area contributed by atoms with E-state index in [1.54, 1.807) is 0 Å². The van der Waals surface area contributed by atoms with Crippen molar-refractivity contribution in [1.29, 1.82) is 0 Å². The molecule has 0 aromatic rings. The lowest BCUT2D eigenvalue weighted by molar-refractivity contribution is -0.0453. The molecule has 2 aliphatic rings. The smallest absolute Gasteiger partial charge is 0.191 e. The van der Waals surface area contributed by atoms with Gasteiger partial charge in [-0.05, 0) is 25.6 Å². The zero-order valence-corrected chi connectivity index (χ0v) is 15.6. The normalized spacial score (nSPS) is 26.8. The van der Waals surface area contributed by atoms with Crippen LogP contribution in [0.2, 0.25) is 0 Å². The monoisotopic (exact) mass is 414 g/mol. The van der Waals surface area contributed by atoms with Crippen LogP contribution < -0.4 is 10.6 Å². The molecule has 5 nitrogen and oxygen atoms in total. The Kier molecular flexibility index (Phi) is 9.23. The van der Waals surface area contributed by atoms with Crippen molar-refractivity contribution in [3.8, 4) is 0 Å². The molecule has 118 valence electrons. The summed E-state index contributed by atoms with van der Waals surface area (Å²) in [6.07, 6.45) is 5.03. The molecular weight excluding hydrogens is 387 g/mol. The van der Waals surface area contributed by atoms with Gasteiger partial charge in [0.15, 0.2) is 5.96 Å². The van der Waals surface area contributed by atoms with Crippen molar-refractivity contribution in [1.82, 2.24) is 15.5 Å². The maximum atomic E-state index is 5.92. The van der Waals surface area contributed by atoms with E-state index in [4.69, 9.17) is 4.74 Å². The third kappa shape index (κ3) is 5.57. The second-order valence-electron chi connectivity index (χ2n) is 5.12. The summed E-state index contributed by atoms with van der Waals surface area (Å²) in [5.41, 5.74) is 0. The molecule has 0 aliphatic carbocycles. The van der Waals surface area contributed by atoms with Gasteiger partial charge in [-0.25, -0.2) is 0 Å². The third-order valence-corrected chi connectivity index (χ3v) is 4.39. The van der Waals surface area contributed by atoms with Crippen LogP contribution in [0.1, 0.15) is 12.8 Å². The Morgan fingerprint density at radius 3 is 3.05 bits per heavy atom. The van der Waals surface area contributed by atoms with Gasteiger partial charge in [0.05, 0.1) is 12.7 Å². The Balaban J connectivity index is 0.00000200. The summed E-state index contributed by atoms with van der Waals surface area (Å²) in [7, 11) is 1.81. The van der Waals surface area contributed by atoms with Crippen molar-refractivity contribution in [2.24, 2.45) is 4.99 Å². The van der Waals surface area contributed by atoms with Gasteiger partial charge in [0.2, 0.25) is 0 Å². The second kappa shape index (κ2) is 10.1. The maximum absolute atomic E-state index is 5.92. The van der Waals surface area contributed by atoms with Gasteiger partial charge in [0.25, 0.3) is 0 Å². The summed E-state index contributed by atoms with van der Waals surface area (Å²) in [6, 6.07) is 0.676. The zero-order chi connectivity index (χ0) is 13.5. The molecule has 0 saturated carbocycles. The van der Waals surface area contributed by atoms with E-state index < -0.39 is 0 Å². The van der Waals surface area contributed by atoms with Crippen molar-refractivity contribution >= 4 is 41.7 Å². The molecule has 0 amide bonds. The summed E-state index contributed by atoms with van der Waals surface area (Å²) in [4.78, 5) is 6.80. The highest BCUT2D eigenvalue weighted by Crippen LogP contribution is 2.22. The van der Waals surface area contributed by atoms with Gasteiger partial charge in [0.1, 0.15) is 0 Å². The molecule has 2 fully saturated rings. The fourth-order valence-electron chi connectivity index (χ4n) is 2.71. The first-order valence-electron chi connectivity index (χ1n) is 7.12. The van der Waals surface area contributed by atoms with Crippen LogP contribution in [-0.4, -0.2) is 74.8 Å². The maximum Gasteiger partial charge on any atom is 0.191 e. The van der Waals surface area contributed by atoms with E-state index >= 15 is 0 Å². The fourth-order valence-corrected chi connectivity index (χ4v) is 3.02. The molecule has 7 heteroatoms. The van der Waals surface area contributed by atoms with Gasteiger partial charge in [0, 0.05) is 38.5 Å². The molecule has 0 aromatic carbocycles. The zero-order valence-electron chi connectivity index (χ0n) is 12.4. The predicted octanol–water partition coefficient (Wildman–Crippen LogP) is 0.996. The first-order chi connectivity index (χ1) is 9.33. The van der Waals surface area contributed by atoms with Crippen LogP contribution in [0.15, 0.2) is 4.99 Å². The number of morpholine rings is 1. The first-order valence-corrected chi connectivity index (χ1v) is 8.52. The molecule has 2 N–H and O–H groups in total. The number of ether oxygens (including phenoxy) is 1. The number of guanidine groups is 1. The van der Waals surface area contributed by atoms with Crippen molar-refractivity contribution in [3.63, 3.8) is 0 Å². The number of hydrogen-bond acceptors (Lipinski definition) is 4. The van der Waals surface area contributed by atoms with Crippen LogP contribution in [0.4, 0.5) is 0 Å². The molecule has 2 heterocycles. The number of nitrogens with one attached hydrogen (secondary N) is 2. The molecule has 20 heavy (non-hydrogen) atoms. The lowest BCUT2D eigenvalue weighted by atomic mass is 10.2. The van der Waals surface area contributed by atoms with Crippen LogP contribution in [-0.2, 0) is 4.74 Å². The molecule has 0 aromatic heterocycles. The fraction of sp³-hybridized carbons (Fsp3) is 0.923. The Bertz CT molecular complexity index is 306. The quantitative estimate of drug-likeness (QED) is 0.304. The Morgan fingerprint density at radius 2 is 2.30 bits per heavy atom. The molecular formula is C13H27IN4OS. The minimum absolute atomic E-state index is 0. The van der Waals surface area contributed by atoms with Gasteiger partial charge in [-0.3, -0.25) is 9.89 Å². The number of aliphatic imine (C=N–C) groups is 1. The van der Waals surface area contributed by atoms with E-state index in [-0.39, 0.29) is 30.1 Å². The second-order valence-corrected chi connectivity index (χ2v) is 6.10. The van der Waals surface area contributed by atoms with Crippen LogP contribution in [0, 0.1) is 0 Å². The summed E-state index contributed by atoms with van der Waals surface area (Å²) >= 11 is 1.83. The number of nitrogens with zero attached hydrogens (tertiary/aromatic N) is 2. The van der Waals surface area contributed by atoms with Crippen LogP contribution in [0.3, 0.4) is 0 Å². The highest BCUT2D eigenvalue weighted by molar-refractivity contribution is 14.0. The van der Waals surface area contributed by atoms with Crippen molar-refractivity contribution in [2.45, 2.75) is 25.0 Å². The van der Waals surface area contributed by atoms with Gasteiger partial charge in [-0.1, -0.05) is 0 Å². The molecule has 0 radical (unpaired) electrons. The number of fused-ring (bicyclic) bond motifs is 1. The average Bonchev–Trinajstić information content (AvgIpc) is 2.90. The topological polar surface area (TPSA) is 48.9 Å². The van der Waals surface area contributed by atoms with E-state index in [0.29, 0.717) is 6.04 Å². The molecule has 2 atom stereocenters. The molecule has 2 saturated heterocycles. The molecule has 2 unspecified atom stereocenters. The molecule has 0 bridgehead atoms. The molecule has 2 rings (SSSR count). The van der Waals surface area contributed by atoms with Gasteiger partial charge in [-0.2, -0.15) is 11.8 Å². The number of rotatable bonds is 5. The van der Waals surface area contributed by atoms with Gasteiger partial charge >= 0.3 is 0 Å². The minimum atomic E-state index is 0. The van der Waals surface area contributed by atoms with Crippen LogP contribution in [0.5, 0.6) is 0 Å². The number of hydrogen-bond donors (Lipinski definition) is 2. The van der Waals surface area contributed by atoms with Gasteiger partial charge < -0.3 is 15.4 Å². The van der Waals surface area contributed by atoms with Crippen molar-refractivity contribution < 1.29 is 4.74 Å². The van der Waals surface area contributed by atoms with E-state index in [1.165, 1.54) is 19.4 Å². The van der Waals surface area contributed by atoms with Gasteiger partial charge in [-0.15, -0.1) is 24.0 Å². The predicted molar refractivity (Wildman–Crippen MR) is 97.5 cm³/mol. The Labute approximate surface area is 143 Å². The Hall–Kier alpha value is 0.270. The lowest BCUT2D eigenvalue weighted by Gasteiger charge is -2.35. The average molecular weight is 414 g/mol. The molecule has 0 spiro atoms. The standard InChI is InChI=1S/C13H26N4OS.HI/c1-14-13(15-5-7-19-2)16-8-12-9-17-6-3-4-11(17)10-18-12;/h11-12H,3-10H2,1-2H3,(H2,14,15,16);1H. The van der Waals surface area contributed by atoms with E-state index in [2.05, 4.69) is 26.8 Å². The first kappa shape index (κ1) is 18.3. The van der Waals surface area contributed by atoms with Crippen molar-refractivity contribution in [2.75, 3.05) is 51.8 Å².